The van der Waals surface area contributed by atoms with Crippen LogP contribution in [0.15, 0.2) is 36.5 Å². The number of carboxylic acid groups (broad SMARTS) is 1. The van der Waals surface area contributed by atoms with E-state index in [1.54, 1.807) is 30.3 Å². The highest BCUT2D eigenvalue weighted by molar-refractivity contribution is 5.66. The molecule has 0 spiro atoms. The summed E-state index contributed by atoms with van der Waals surface area (Å²) in [7, 11) is 0. The van der Waals surface area contributed by atoms with E-state index in [1.807, 2.05) is 0 Å². The maximum Gasteiger partial charge on any atom is 0.303 e. The number of carbonyl (C=O) groups is 1. The molecule has 1 aromatic carbocycles. The summed E-state index contributed by atoms with van der Waals surface area (Å²) < 4.78 is 15.2. The number of hydrogen-bond acceptors (Lipinski definition) is 3. The number of hydrogen-bond donors (Lipinski definition) is 2. The molecule has 1 heterocycles. The number of rotatable bonds is 5. The summed E-state index contributed by atoms with van der Waals surface area (Å²) in [6.45, 7) is 0. The maximum absolute atomic E-state index is 14.1. The first kappa shape index (κ1) is 13.2. The van der Waals surface area contributed by atoms with Crippen LogP contribution in [0.1, 0.15) is 24.5 Å². The van der Waals surface area contributed by atoms with Crippen molar-refractivity contribution < 1.29 is 19.4 Å². The van der Waals surface area contributed by atoms with Crippen molar-refractivity contribution in [3.05, 3.63) is 48.0 Å². The van der Waals surface area contributed by atoms with Crippen molar-refractivity contribution in [3.8, 4) is 5.69 Å². The van der Waals surface area contributed by atoms with Crippen molar-refractivity contribution in [2.24, 2.45) is 0 Å². The highest BCUT2D eigenvalue weighted by atomic mass is 19.1. The Morgan fingerprint density at radius 1 is 1.37 bits per heavy atom. The minimum Gasteiger partial charge on any atom is -0.481 e. The van der Waals surface area contributed by atoms with Crippen LogP contribution in [0.2, 0.25) is 0 Å². The first-order valence-corrected chi connectivity index (χ1v) is 5.78. The molecule has 0 amide bonds. The van der Waals surface area contributed by atoms with Gasteiger partial charge >= 0.3 is 5.97 Å². The van der Waals surface area contributed by atoms with E-state index in [0.29, 0.717) is 5.69 Å². The number of aromatic nitrogens is 2. The summed E-state index contributed by atoms with van der Waals surface area (Å²) in [5.74, 6) is -1.71. The number of aliphatic carboxylic acids is 1. The Kier molecular flexibility index (Phi) is 3.91. The molecule has 0 fully saturated rings. The number of benzene rings is 1. The first-order chi connectivity index (χ1) is 9.09. The SMILES string of the molecule is O=C(O)CC[C@@H](O)c1cnn(-c2ccccc2)c1F. The molecule has 0 saturated carbocycles. The third-order valence-corrected chi connectivity index (χ3v) is 2.73. The average molecular weight is 264 g/mol. The molecule has 0 unspecified atom stereocenters. The van der Waals surface area contributed by atoms with Gasteiger partial charge in [0.1, 0.15) is 0 Å². The fraction of sp³-hybridized carbons (Fsp3) is 0.231. The second-order valence-electron chi connectivity index (χ2n) is 4.09. The summed E-state index contributed by atoms with van der Waals surface area (Å²) in [5, 5.41) is 22.2. The van der Waals surface area contributed by atoms with E-state index in [-0.39, 0.29) is 18.4 Å². The Hall–Kier alpha value is -2.21. The van der Waals surface area contributed by atoms with Crippen LogP contribution in [-0.2, 0) is 4.79 Å². The highest BCUT2D eigenvalue weighted by Gasteiger charge is 2.19. The van der Waals surface area contributed by atoms with E-state index in [2.05, 4.69) is 5.10 Å². The van der Waals surface area contributed by atoms with Gasteiger partial charge in [0, 0.05) is 6.42 Å². The summed E-state index contributed by atoms with van der Waals surface area (Å²) >= 11 is 0. The monoisotopic (exact) mass is 264 g/mol. The van der Waals surface area contributed by atoms with Gasteiger partial charge in [-0.05, 0) is 18.6 Å². The zero-order valence-corrected chi connectivity index (χ0v) is 10.0. The molecule has 2 N–H and O–H groups in total. The van der Waals surface area contributed by atoms with E-state index in [9.17, 15) is 14.3 Å². The van der Waals surface area contributed by atoms with Crippen molar-refractivity contribution in [1.82, 2.24) is 9.78 Å². The summed E-state index contributed by atoms with van der Waals surface area (Å²) in [6.07, 6.45) is -0.229. The molecule has 0 aliphatic carbocycles. The van der Waals surface area contributed by atoms with E-state index in [1.165, 1.54) is 6.20 Å². The largest absolute Gasteiger partial charge is 0.481 e. The number of aliphatic hydroxyl groups is 1. The van der Waals surface area contributed by atoms with Crippen molar-refractivity contribution in [2.75, 3.05) is 0 Å². The number of carboxylic acids is 1. The second kappa shape index (κ2) is 5.62. The Morgan fingerprint density at radius 2 is 2.05 bits per heavy atom. The average Bonchev–Trinajstić information content (AvgIpc) is 2.79. The van der Waals surface area contributed by atoms with Crippen LogP contribution in [-0.4, -0.2) is 26.0 Å². The number of para-hydroxylation sites is 1. The fourth-order valence-corrected chi connectivity index (χ4v) is 1.73. The third-order valence-electron chi connectivity index (χ3n) is 2.73. The van der Waals surface area contributed by atoms with Gasteiger partial charge in [0.25, 0.3) is 0 Å². The van der Waals surface area contributed by atoms with Gasteiger partial charge in [-0.3, -0.25) is 4.79 Å². The molecule has 1 atom stereocenters. The zero-order chi connectivity index (χ0) is 13.8. The maximum atomic E-state index is 14.1. The molecule has 0 aliphatic heterocycles. The predicted octanol–water partition coefficient (Wildman–Crippen LogP) is 1.91. The van der Waals surface area contributed by atoms with E-state index in [4.69, 9.17) is 5.11 Å². The summed E-state index contributed by atoms with van der Waals surface area (Å²) in [6, 6.07) is 8.66. The molecule has 0 saturated heterocycles. The van der Waals surface area contributed by atoms with Gasteiger partial charge in [-0.25, -0.2) is 4.68 Å². The van der Waals surface area contributed by atoms with Crippen molar-refractivity contribution in [2.45, 2.75) is 18.9 Å². The molecule has 0 bridgehead atoms. The van der Waals surface area contributed by atoms with E-state index >= 15 is 0 Å². The lowest BCUT2D eigenvalue weighted by atomic mass is 10.1. The van der Waals surface area contributed by atoms with Gasteiger partial charge < -0.3 is 10.2 Å². The van der Waals surface area contributed by atoms with E-state index < -0.39 is 18.0 Å². The number of nitrogens with zero attached hydrogens (tertiary/aromatic N) is 2. The van der Waals surface area contributed by atoms with Crippen LogP contribution >= 0.6 is 0 Å². The molecule has 100 valence electrons. The van der Waals surface area contributed by atoms with Crippen LogP contribution in [0.5, 0.6) is 0 Å². The quantitative estimate of drug-likeness (QED) is 0.865. The van der Waals surface area contributed by atoms with Gasteiger partial charge in [-0.1, -0.05) is 18.2 Å². The third kappa shape index (κ3) is 2.97. The smallest absolute Gasteiger partial charge is 0.303 e. The molecule has 5 nitrogen and oxygen atoms in total. The molecule has 0 radical (unpaired) electrons. The Bertz CT molecular complexity index is 569. The Balaban J connectivity index is 2.21. The topological polar surface area (TPSA) is 75.3 Å². The van der Waals surface area contributed by atoms with Crippen LogP contribution in [0.3, 0.4) is 0 Å². The Morgan fingerprint density at radius 3 is 2.68 bits per heavy atom. The van der Waals surface area contributed by atoms with Gasteiger partial charge in [0.15, 0.2) is 0 Å². The molecular formula is C13H13FN2O3. The first-order valence-electron chi connectivity index (χ1n) is 5.78. The zero-order valence-electron chi connectivity index (χ0n) is 10.0. The highest BCUT2D eigenvalue weighted by Crippen LogP contribution is 2.22. The molecular weight excluding hydrogens is 251 g/mol. The van der Waals surface area contributed by atoms with Gasteiger partial charge in [-0.15, -0.1) is 0 Å². The van der Waals surface area contributed by atoms with Crippen molar-refractivity contribution in [3.63, 3.8) is 0 Å². The van der Waals surface area contributed by atoms with E-state index in [0.717, 1.165) is 4.68 Å². The Labute approximate surface area is 108 Å². The predicted molar refractivity (Wildman–Crippen MR) is 65.4 cm³/mol. The minimum atomic E-state index is -1.17. The van der Waals surface area contributed by atoms with Crippen LogP contribution in [0.25, 0.3) is 5.69 Å². The molecule has 19 heavy (non-hydrogen) atoms. The summed E-state index contributed by atoms with van der Waals surface area (Å²) in [5.41, 5.74) is 0.543. The molecule has 2 aromatic rings. The standard InChI is InChI=1S/C13H13FN2O3/c14-13-10(11(17)6-7-12(18)19)8-15-16(13)9-4-2-1-3-5-9/h1-5,8,11,17H,6-7H2,(H,18,19)/t11-/m1/s1. The lowest BCUT2D eigenvalue weighted by Crippen LogP contribution is -2.05. The lowest BCUT2D eigenvalue weighted by Gasteiger charge is -2.07. The van der Waals surface area contributed by atoms with Crippen LogP contribution < -0.4 is 0 Å². The van der Waals surface area contributed by atoms with Crippen molar-refractivity contribution >= 4 is 5.97 Å². The molecule has 1 aromatic heterocycles. The minimum absolute atomic E-state index is 0.00473. The molecule has 0 aliphatic rings. The van der Waals surface area contributed by atoms with Gasteiger partial charge in [0.2, 0.25) is 5.95 Å². The van der Waals surface area contributed by atoms with Crippen molar-refractivity contribution in [1.29, 1.82) is 0 Å². The van der Waals surface area contributed by atoms with Gasteiger partial charge in [0.05, 0.1) is 23.6 Å². The number of aliphatic hydroxyl groups excluding tert-OH is 1. The molecule has 2 rings (SSSR count). The van der Waals surface area contributed by atoms with Gasteiger partial charge in [-0.2, -0.15) is 9.49 Å². The second-order valence-corrected chi connectivity index (χ2v) is 4.09. The molecule has 6 heteroatoms. The lowest BCUT2D eigenvalue weighted by molar-refractivity contribution is -0.137. The van der Waals surface area contributed by atoms with Crippen LogP contribution in [0.4, 0.5) is 4.39 Å². The summed E-state index contributed by atoms with van der Waals surface area (Å²) in [4.78, 5) is 10.4. The van der Waals surface area contributed by atoms with Crippen LogP contribution in [0, 0.1) is 5.95 Å². The fourth-order valence-electron chi connectivity index (χ4n) is 1.73. The normalized spacial score (nSPS) is 12.3. The number of halogens is 1.